The molecule has 1 aromatic heterocycles. The van der Waals surface area contributed by atoms with E-state index in [1.807, 2.05) is 11.7 Å². The predicted octanol–water partition coefficient (Wildman–Crippen LogP) is 2.71. The van der Waals surface area contributed by atoms with Crippen molar-refractivity contribution >= 4 is 5.82 Å². The maximum atomic E-state index is 6.11. The molecule has 0 amide bonds. The summed E-state index contributed by atoms with van der Waals surface area (Å²) in [5.74, 6) is 2.92. The van der Waals surface area contributed by atoms with Gasteiger partial charge in [-0.3, -0.25) is 4.68 Å². The van der Waals surface area contributed by atoms with Crippen molar-refractivity contribution in [1.29, 1.82) is 0 Å². The van der Waals surface area contributed by atoms with Crippen LogP contribution in [0.15, 0.2) is 0 Å². The molecule has 1 saturated carbocycles. The quantitative estimate of drug-likeness (QED) is 0.849. The highest BCUT2D eigenvalue weighted by atomic mass is 15.3. The van der Waals surface area contributed by atoms with E-state index in [4.69, 9.17) is 5.73 Å². The maximum Gasteiger partial charge on any atom is 0.124 e. The second-order valence-corrected chi connectivity index (χ2v) is 5.60. The van der Waals surface area contributed by atoms with Crippen LogP contribution in [-0.4, -0.2) is 9.78 Å². The standard InChI is InChI=1S/C13H23N3/c1-8(2)7-11-12(9(3)10-5-6-10)15-16(4)13(11)14/h8-10H,5-7,14H2,1-4H3. The Hall–Kier alpha value is -0.990. The fourth-order valence-electron chi connectivity index (χ4n) is 2.41. The second-order valence-electron chi connectivity index (χ2n) is 5.60. The Bertz CT molecular complexity index is 375. The zero-order valence-corrected chi connectivity index (χ0v) is 10.8. The van der Waals surface area contributed by atoms with Gasteiger partial charge >= 0.3 is 0 Å². The maximum absolute atomic E-state index is 6.11. The van der Waals surface area contributed by atoms with Gasteiger partial charge in [0, 0.05) is 18.5 Å². The van der Waals surface area contributed by atoms with Crippen molar-refractivity contribution in [3.63, 3.8) is 0 Å². The van der Waals surface area contributed by atoms with Crippen LogP contribution in [0.1, 0.15) is 50.8 Å². The van der Waals surface area contributed by atoms with E-state index in [1.54, 1.807) is 0 Å². The summed E-state index contributed by atoms with van der Waals surface area (Å²) in [5, 5.41) is 4.62. The molecule has 1 unspecified atom stereocenters. The van der Waals surface area contributed by atoms with Gasteiger partial charge in [0.1, 0.15) is 5.82 Å². The molecule has 1 aliphatic rings. The normalized spacial score (nSPS) is 18.1. The van der Waals surface area contributed by atoms with Crippen molar-refractivity contribution in [3.05, 3.63) is 11.3 Å². The number of hydrogen-bond donors (Lipinski definition) is 1. The van der Waals surface area contributed by atoms with Crippen molar-refractivity contribution < 1.29 is 0 Å². The van der Waals surface area contributed by atoms with Gasteiger partial charge in [0.15, 0.2) is 0 Å². The lowest BCUT2D eigenvalue weighted by Crippen LogP contribution is -2.04. The first kappa shape index (κ1) is 11.5. The van der Waals surface area contributed by atoms with Gasteiger partial charge in [-0.05, 0) is 31.1 Å². The molecule has 3 nitrogen and oxygen atoms in total. The van der Waals surface area contributed by atoms with Crippen molar-refractivity contribution in [2.75, 3.05) is 5.73 Å². The molecule has 16 heavy (non-hydrogen) atoms. The zero-order valence-electron chi connectivity index (χ0n) is 10.8. The van der Waals surface area contributed by atoms with Crippen LogP contribution in [0.4, 0.5) is 5.82 Å². The monoisotopic (exact) mass is 221 g/mol. The van der Waals surface area contributed by atoms with E-state index in [9.17, 15) is 0 Å². The summed E-state index contributed by atoms with van der Waals surface area (Å²) in [7, 11) is 1.95. The van der Waals surface area contributed by atoms with Crippen molar-refractivity contribution in [3.8, 4) is 0 Å². The van der Waals surface area contributed by atoms with Gasteiger partial charge in [0.25, 0.3) is 0 Å². The summed E-state index contributed by atoms with van der Waals surface area (Å²) >= 11 is 0. The van der Waals surface area contributed by atoms with Gasteiger partial charge in [0.2, 0.25) is 0 Å². The molecule has 1 fully saturated rings. The number of rotatable bonds is 4. The van der Waals surface area contributed by atoms with E-state index in [0.717, 1.165) is 18.2 Å². The molecule has 0 aliphatic heterocycles. The highest BCUT2D eigenvalue weighted by Crippen LogP contribution is 2.43. The van der Waals surface area contributed by atoms with E-state index in [-0.39, 0.29) is 0 Å². The number of hydrogen-bond acceptors (Lipinski definition) is 2. The highest BCUT2D eigenvalue weighted by Gasteiger charge is 2.32. The van der Waals surface area contributed by atoms with Gasteiger partial charge in [-0.2, -0.15) is 5.10 Å². The minimum Gasteiger partial charge on any atom is -0.384 e. The average Bonchev–Trinajstić information content (AvgIpc) is 3.00. The van der Waals surface area contributed by atoms with Gasteiger partial charge in [0.05, 0.1) is 5.69 Å². The third-order valence-electron chi connectivity index (χ3n) is 3.60. The van der Waals surface area contributed by atoms with E-state index < -0.39 is 0 Å². The lowest BCUT2D eigenvalue weighted by atomic mass is 9.94. The smallest absolute Gasteiger partial charge is 0.124 e. The first-order chi connectivity index (χ1) is 7.50. The Balaban J connectivity index is 2.31. The first-order valence-corrected chi connectivity index (χ1v) is 6.32. The van der Waals surface area contributed by atoms with Crippen molar-refractivity contribution in [2.24, 2.45) is 18.9 Å². The average molecular weight is 221 g/mol. The van der Waals surface area contributed by atoms with Crippen LogP contribution in [0.25, 0.3) is 0 Å². The molecule has 1 aliphatic carbocycles. The zero-order chi connectivity index (χ0) is 11.9. The van der Waals surface area contributed by atoms with Gasteiger partial charge in [-0.1, -0.05) is 20.8 Å². The predicted molar refractivity (Wildman–Crippen MR) is 67.3 cm³/mol. The SMILES string of the molecule is CC(C)Cc1c(C(C)C2CC2)nn(C)c1N. The van der Waals surface area contributed by atoms with E-state index in [1.165, 1.54) is 24.1 Å². The van der Waals surface area contributed by atoms with Crippen LogP contribution in [0, 0.1) is 11.8 Å². The highest BCUT2D eigenvalue weighted by molar-refractivity contribution is 5.45. The molecule has 0 radical (unpaired) electrons. The Morgan fingerprint density at radius 2 is 2.00 bits per heavy atom. The number of nitrogens with zero attached hydrogens (tertiary/aromatic N) is 2. The molecule has 2 rings (SSSR count). The minimum absolute atomic E-state index is 0.581. The summed E-state index contributed by atoms with van der Waals surface area (Å²) < 4.78 is 1.84. The van der Waals surface area contributed by atoms with Crippen molar-refractivity contribution in [2.45, 2.75) is 46.0 Å². The van der Waals surface area contributed by atoms with E-state index in [0.29, 0.717) is 11.8 Å². The van der Waals surface area contributed by atoms with Crippen LogP contribution in [0.3, 0.4) is 0 Å². The molecule has 1 atom stereocenters. The van der Waals surface area contributed by atoms with Gasteiger partial charge < -0.3 is 5.73 Å². The lowest BCUT2D eigenvalue weighted by Gasteiger charge is -2.11. The number of aryl methyl sites for hydroxylation is 1. The molecule has 90 valence electrons. The Kier molecular flexibility index (Phi) is 2.96. The van der Waals surface area contributed by atoms with Crippen molar-refractivity contribution in [1.82, 2.24) is 9.78 Å². The Labute approximate surface area is 98.0 Å². The summed E-state index contributed by atoms with van der Waals surface area (Å²) in [4.78, 5) is 0. The largest absolute Gasteiger partial charge is 0.384 e. The first-order valence-electron chi connectivity index (χ1n) is 6.32. The fourth-order valence-corrected chi connectivity index (χ4v) is 2.41. The number of anilines is 1. The molecule has 0 aromatic carbocycles. The molecule has 1 aromatic rings. The summed E-state index contributed by atoms with van der Waals surface area (Å²) in [6.07, 6.45) is 3.77. The van der Waals surface area contributed by atoms with E-state index in [2.05, 4.69) is 25.9 Å². The van der Waals surface area contributed by atoms with E-state index >= 15 is 0 Å². The fraction of sp³-hybridized carbons (Fsp3) is 0.769. The molecular formula is C13H23N3. The van der Waals surface area contributed by atoms with Gasteiger partial charge in [-0.15, -0.1) is 0 Å². The second kappa shape index (κ2) is 4.11. The third-order valence-corrected chi connectivity index (χ3v) is 3.60. The number of nitrogen functional groups attached to an aromatic ring is 1. The molecule has 2 N–H and O–H groups in total. The van der Waals surface area contributed by atoms with Crippen LogP contribution >= 0.6 is 0 Å². The molecule has 0 bridgehead atoms. The third kappa shape index (κ3) is 2.08. The summed E-state index contributed by atoms with van der Waals surface area (Å²) in [6, 6.07) is 0. The van der Waals surface area contributed by atoms with Crippen LogP contribution in [-0.2, 0) is 13.5 Å². The Morgan fingerprint density at radius 3 is 2.50 bits per heavy atom. The minimum atomic E-state index is 0.581. The van der Waals surface area contributed by atoms with Crippen LogP contribution in [0.2, 0.25) is 0 Å². The molecule has 0 spiro atoms. The topological polar surface area (TPSA) is 43.8 Å². The Morgan fingerprint density at radius 1 is 1.38 bits per heavy atom. The summed E-state index contributed by atoms with van der Waals surface area (Å²) in [6.45, 7) is 6.76. The van der Waals surface area contributed by atoms with Crippen LogP contribution < -0.4 is 5.73 Å². The molecule has 3 heteroatoms. The lowest BCUT2D eigenvalue weighted by molar-refractivity contribution is 0.599. The van der Waals surface area contributed by atoms with Crippen LogP contribution in [0.5, 0.6) is 0 Å². The summed E-state index contributed by atoms with van der Waals surface area (Å²) in [5.41, 5.74) is 8.65. The van der Waals surface area contributed by atoms with Gasteiger partial charge in [-0.25, -0.2) is 0 Å². The number of nitrogens with two attached hydrogens (primary N) is 1. The molecule has 0 saturated heterocycles. The molecule has 1 heterocycles. The molecular weight excluding hydrogens is 198 g/mol. The number of aromatic nitrogens is 2.